The van der Waals surface area contributed by atoms with Crippen LogP contribution in [0.25, 0.3) is 0 Å². The molecule has 2 amide bonds. The number of hydrogen-bond acceptors (Lipinski definition) is 4. The summed E-state index contributed by atoms with van der Waals surface area (Å²) in [5.74, 6) is 0.106. The van der Waals surface area contributed by atoms with E-state index in [1.54, 1.807) is 49.6 Å². The van der Waals surface area contributed by atoms with Crippen molar-refractivity contribution in [2.75, 3.05) is 31.0 Å². The molecule has 6 heteroatoms. The van der Waals surface area contributed by atoms with Crippen molar-refractivity contribution in [3.63, 3.8) is 0 Å². The van der Waals surface area contributed by atoms with E-state index in [0.717, 1.165) is 0 Å². The zero-order valence-electron chi connectivity index (χ0n) is 16.2. The number of rotatable bonds is 7. The van der Waals surface area contributed by atoms with Gasteiger partial charge in [0.25, 0.3) is 5.91 Å². The van der Waals surface area contributed by atoms with Crippen molar-refractivity contribution in [1.29, 1.82) is 0 Å². The maximum Gasteiger partial charge on any atom is 0.259 e. The van der Waals surface area contributed by atoms with E-state index in [9.17, 15) is 9.59 Å². The molecule has 2 rings (SSSR count). The van der Waals surface area contributed by atoms with Crippen molar-refractivity contribution in [3.8, 4) is 5.75 Å². The van der Waals surface area contributed by atoms with Gasteiger partial charge in [-0.3, -0.25) is 9.59 Å². The molecule has 0 saturated carbocycles. The first kappa shape index (κ1) is 20.5. The van der Waals surface area contributed by atoms with E-state index in [1.165, 1.54) is 0 Å². The van der Waals surface area contributed by atoms with Crippen molar-refractivity contribution in [3.05, 3.63) is 54.1 Å². The molecule has 0 aliphatic heterocycles. The molecule has 0 bridgehead atoms. The van der Waals surface area contributed by atoms with Gasteiger partial charge in [0.15, 0.2) is 0 Å². The Morgan fingerprint density at radius 1 is 0.926 bits per heavy atom. The number of methoxy groups -OCH3 is 1. The van der Waals surface area contributed by atoms with Crippen LogP contribution in [0.4, 0.5) is 11.4 Å². The van der Waals surface area contributed by atoms with E-state index < -0.39 is 5.41 Å². The summed E-state index contributed by atoms with van der Waals surface area (Å²) in [5, 5.41) is 5.69. The summed E-state index contributed by atoms with van der Waals surface area (Å²) < 4.78 is 10.6. The molecule has 2 N–H and O–H groups in total. The number of anilines is 2. The van der Waals surface area contributed by atoms with Crippen molar-refractivity contribution in [1.82, 2.24) is 0 Å². The summed E-state index contributed by atoms with van der Waals surface area (Å²) in [6.45, 7) is 6.32. The number of amides is 2. The van der Waals surface area contributed by atoms with E-state index >= 15 is 0 Å². The van der Waals surface area contributed by atoms with Crippen LogP contribution in [0.3, 0.4) is 0 Å². The lowest BCUT2D eigenvalue weighted by atomic mass is 9.95. The van der Waals surface area contributed by atoms with Crippen molar-refractivity contribution in [2.45, 2.75) is 20.8 Å². The number of para-hydroxylation sites is 1. The van der Waals surface area contributed by atoms with Crippen LogP contribution < -0.4 is 15.4 Å². The minimum Gasteiger partial charge on any atom is -0.490 e. The maximum atomic E-state index is 12.7. The molecular weight excluding hydrogens is 344 g/mol. The third kappa shape index (κ3) is 6.11. The van der Waals surface area contributed by atoms with E-state index in [-0.39, 0.29) is 11.8 Å². The van der Waals surface area contributed by atoms with Gasteiger partial charge in [-0.1, -0.05) is 39.0 Å². The molecule has 0 aliphatic carbocycles. The second-order valence-corrected chi connectivity index (χ2v) is 7.08. The van der Waals surface area contributed by atoms with Gasteiger partial charge in [-0.05, 0) is 30.3 Å². The van der Waals surface area contributed by atoms with E-state index in [2.05, 4.69) is 10.6 Å². The fraction of sp³-hybridized carbons (Fsp3) is 0.333. The van der Waals surface area contributed by atoms with Gasteiger partial charge in [0.05, 0.1) is 12.2 Å². The minimum atomic E-state index is -0.502. The molecule has 6 nitrogen and oxygen atoms in total. The topological polar surface area (TPSA) is 76.7 Å². The second-order valence-electron chi connectivity index (χ2n) is 7.08. The van der Waals surface area contributed by atoms with Crippen LogP contribution in [0, 0.1) is 5.41 Å². The third-order valence-corrected chi connectivity index (χ3v) is 3.74. The highest BCUT2D eigenvalue weighted by Crippen LogP contribution is 2.22. The molecule has 0 aliphatic rings. The van der Waals surface area contributed by atoms with Crippen molar-refractivity contribution in [2.24, 2.45) is 5.41 Å². The molecule has 0 unspecified atom stereocenters. The highest BCUT2D eigenvalue weighted by molar-refractivity contribution is 6.06. The molecule has 0 aromatic heterocycles. The zero-order valence-corrected chi connectivity index (χ0v) is 16.2. The summed E-state index contributed by atoms with van der Waals surface area (Å²) >= 11 is 0. The Kier molecular flexibility index (Phi) is 6.96. The summed E-state index contributed by atoms with van der Waals surface area (Å²) in [6, 6.07) is 14.1. The van der Waals surface area contributed by atoms with E-state index in [1.807, 2.05) is 26.8 Å². The van der Waals surface area contributed by atoms with Crippen LogP contribution in [0.2, 0.25) is 0 Å². The Labute approximate surface area is 159 Å². The number of ether oxygens (including phenoxy) is 2. The second kappa shape index (κ2) is 9.19. The number of benzene rings is 2. The van der Waals surface area contributed by atoms with E-state index in [4.69, 9.17) is 9.47 Å². The molecule has 0 heterocycles. The maximum absolute atomic E-state index is 12.7. The first-order valence-corrected chi connectivity index (χ1v) is 8.75. The number of nitrogens with one attached hydrogen (secondary N) is 2. The standard InChI is InChI=1S/C21H26N2O4/c1-21(2,3)20(25)23-16-9-7-8-15(14-16)22-19(24)17-10-5-6-11-18(17)27-13-12-26-4/h5-11,14H,12-13H2,1-4H3,(H,22,24)(H,23,25). The van der Waals surface area contributed by atoms with Gasteiger partial charge < -0.3 is 20.1 Å². The summed E-state index contributed by atoms with van der Waals surface area (Å²) in [5.41, 5.74) is 1.13. The van der Waals surface area contributed by atoms with Gasteiger partial charge in [-0.25, -0.2) is 0 Å². The highest BCUT2D eigenvalue weighted by Gasteiger charge is 2.21. The van der Waals surface area contributed by atoms with Crippen LogP contribution in [0.1, 0.15) is 31.1 Å². The number of carbonyl (C=O) groups is 2. The van der Waals surface area contributed by atoms with Gasteiger partial charge in [0.2, 0.25) is 5.91 Å². The summed E-state index contributed by atoms with van der Waals surface area (Å²) in [4.78, 5) is 24.8. The largest absolute Gasteiger partial charge is 0.490 e. The fourth-order valence-corrected chi connectivity index (χ4v) is 2.21. The Bertz CT molecular complexity index is 797. The van der Waals surface area contributed by atoms with Crippen LogP contribution in [-0.2, 0) is 9.53 Å². The highest BCUT2D eigenvalue weighted by atomic mass is 16.5. The smallest absolute Gasteiger partial charge is 0.259 e. The molecule has 0 atom stereocenters. The van der Waals surface area contributed by atoms with Gasteiger partial charge in [0, 0.05) is 23.9 Å². The average molecular weight is 370 g/mol. The lowest BCUT2D eigenvalue weighted by Gasteiger charge is -2.18. The van der Waals surface area contributed by atoms with Gasteiger partial charge >= 0.3 is 0 Å². The monoisotopic (exact) mass is 370 g/mol. The Morgan fingerprint density at radius 3 is 2.26 bits per heavy atom. The molecule has 27 heavy (non-hydrogen) atoms. The van der Waals surface area contributed by atoms with Gasteiger partial charge in [0.1, 0.15) is 12.4 Å². The van der Waals surface area contributed by atoms with Crippen LogP contribution in [-0.4, -0.2) is 32.1 Å². The lowest BCUT2D eigenvalue weighted by molar-refractivity contribution is -0.123. The predicted molar refractivity (Wildman–Crippen MR) is 106 cm³/mol. The lowest BCUT2D eigenvalue weighted by Crippen LogP contribution is -2.27. The quantitative estimate of drug-likeness (QED) is 0.724. The number of carbonyl (C=O) groups excluding carboxylic acids is 2. The molecule has 0 fully saturated rings. The third-order valence-electron chi connectivity index (χ3n) is 3.74. The average Bonchev–Trinajstić information content (AvgIpc) is 2.62. The summed E-state index contributed by atoms with van der Waals surface area (Å²) in [6.07, 6.45) is 0. The van der Waals surface area contributed by atoms with Crippen LogP contribution in [0.5, 0.6) is 5.75 Å². The van der Waals surface area contributed by atoms with Crippen molar-refractivity contribution < 1.29 is 19.1 Å². The SMILES string of the molecule is COCCOc1ccccc1C(=O)Nc1cccc(NC(=O)C(C)(C)C)c1. The fourth-order valence-electron chi connectivity index (χ4n) is 2.21. The Balaban J connectivity index is 2.10. The Hall–Kier alpha value is -2.86. The van der Waals surface area contributed by atoms with Gasteiger partial charge in [-0.15, -0.1) is 0 Å². The predicted octanol–water partition coefficient (Wildman–Crippen LogP) is 3.95. The van der Waals surface area contributed by atoms with Crippen LogP contribution >= 0.6 is 0 Å². The van der Waals surface area contributed by atoms with Crippen LogP contribution in [0.15, 0.2) is 48.5 Å². The Morgan fingerprint density at radius 2 is 1.59 bits per heavy atom. The molecule has 2 aromatic carbocycles. The molecular formula is C21H26N2O4. The summed E-state index contributed by atoms with van der Waals surface area (Å²) in [7, 11) is 1.59. The van der Waals surface area contributed by atoms with Gasteiger partial charge in [-0.2, -0.15) is 0 Å². The minimum absolute atomic E-state index is 0.0946. The number of hydrogen-bond donors (Lipinski definition) is 2. The molecule has 2 aromatic rings. The first-order chi connectivity index (χ1) is 12.8. The molecule has 0 radical (unpaired) electrons. The molecule has 0 saturated heterocycles. The van der Waals surface area contributed by atoms with E-state index in [0.29, 0.717) is 35.9 Å². The zero-order chi connectivity index (χ0) is 19.9. The normalized spacial score (nSPS) is 11.0. The molecule has 0 spiro atoms. The molecule has 144 valence electrons. The first-order valence-electron chi connectivity index (χ1n) is 8.75. The van der Waals surface area contributed by atoms with Crippen molar-refractivity contribution >= 4 is 23.2 Å².